The number of rotatable bonds is 5. The van der Waals surface area contributed by atoms with Crippen LogP contribution in [0.3, 0.4) is 0 Å². The molecule has 0 saturated heterocycles. The Kier molecular flexibility index (Phi) is 4.35. The fourth-order valence-electron chi connectivity index (χ4n) is 2.89. The molecule has 2 aromatic rings. The standard InChI is InChI=1S/C17H22N6O/c1-9-3-10(2)21-15(4-9)23-14-7-13(8-20-16(14)17(19)24)22-12-5-11(18)6-12/h3-4,7-8,11-12,22H,5-6,18H2,1-2H3,(H2,19,24)(H,21,23). The number of nitrogens with two attached hydrogens (primary N) is 2. The zero-order chi connectivity index (χ0) is 17.3. The molecular formula is C17H22N6O. The predicted octanol–water partition coefficient (Wildman–Crippen LogP) is 1.84. The van der Waals surface area contributed by atoms with Crippen LogP contribution in [0, 0.1) is 13.8 Å². The molecule has 2 heterocycles. The Bertz CT molecular complexity index is 749. The SMILES string of the molecule is Cc1cc(C)nc(Nc2cc(NC3CC(N)C3)cnc2C(N)=O)c1. The Hall–Kier alpha value is -2.67. The van der Waals surface area contributed by atoms with Crippen LogP contribution in [0.25, 0.3) is 0 Å². The van der Waals surface area contributed by atoms with Gasteiger partial charge in [0.25, 0.3) is 5.91 Å². The van der Waals surface area contributed by atoms with Crippen LogP contribution in [0.5, 0.6) is 0 Å². The van der Waals surface area contributed by atoms with Crippen molar-refractivity contribution in [3.63, 3.8) is 0 Å². The van der Waals surface area contributed by atoms with E-state index in [-0.39, 0.29) is 11.7 Å². The average Bonchev–Trinajstić information content (AvgIpc) is 2.44. The number of aryl methyl sites for hydroxylation is 2. The molecule has 7 heteroatoms. The largest absolute Gasteiger partial charge is 0.381 e. The minimum absolute atomic E-state index is 0.187. The monoisotopic (exact) mass is 326 g/mol. The highest BCUT2D eigenvalue weighted by molar-refractivity contribution is 5.97. The Morgan fingerprint density at radius 2 is 2.00 bits per heavy atom. The van der Waals surface area contributed by atoms with E-state index in [4.69, 9.17) is 11.5 Å². The van der Waals surface area contributed by atoms with Crippen molar-refractivity contribution < 1.29 is 4.79 Å². The molecule has 1 aliphatic rings. The number of hydrogen-bond acceptors (Lipinski definition) is 6. The van der Waals surface area contributed by atoms with E-state index in [0.29, 0.717) is 17.5 Å². The van der Waals surface area contributed by atoms with Gasteiger partial charge < -0.3 is 22.1 Å². The normalized spacial score (nSPS) is 19.5. The molecule has 0 spiro atoms. The lowest BCUT2D eigenvalue weighted by Crippen LogP contribution is -2.44. The van der Waals surface area contributed by atoms with E-state index in [1.807, 2.05) is 32.0 Å². The molecule has 6 N–H and O–H groups in total. The first-order valence-corrected chi connectivity index (χ1v) is 7.95. The first-order chi connectivity index (χ1) is 11.4. The Labute approximate surface area is 140 Å². The quantitative estimate of drug-likeness (QED) is 0.665. The second-order valence-corrected chi connectivity index (χ2v) is 6.35. The first kappa shape index (κ1) is 16.2. The van der Waals surface area contributed by atoms with Gasteiger partial charge in [-0.05, 0) is 50.5 Å². The van der Waals surface area contributed by atoms with Crippen LogP contribution in [0.2, 0.25) is 0 Å². The Balaban J connectivity index is 1.86. The lowest BCUT2D eigenvalue weighted by molar-refractivity contribution is 0.0996. The molecule has 24 heavy (non-hydrogen) atoms. The van der Waals surface area contributed by atoms with E-state index < -0.39 is 5.91 Å². The van der Waals surface area contributed by atoms with E-state index in [1.54, 1.807) is 6.20 Å². The van der Waals surface area contributed by atoms with Gasteiger partial charge in [-0.1, -0.05) is 0 Å². The van der Waals surface area contributed by atoms with Gasteiger partial charge in [-0.3, -0.25) is 4.79 Å². The molecule has 1 saturated carbocycles. The summed E-state index contributed by atoms with van der Waals surface area (Å²) in [5, 5.41) is 6.52. The molecule has 0 radical (unpaired) electrons. The predicted molar refractivity (Wildman–Crippen MR) is 94.4 cm³/mol. The molecule has 1 amide bonds. The molecule has 0 atom stereocenters. The van der Waals surface area contributed by atoms with E-state index >= 15 is 0 Å². The van der Waals surface area contributed by atoms with Gasteiger partial charge in [0.05, 0.1) is 17.6 Å². The number of pyridine rings is 2. The second-order valence-electron chi connectivity index (χ2n) is 6.35. The molecule has 1 fully saturated rings. The van der Waals surface area contributed by atoms with Gasteiger partial charge in [-0.25, -0.2) is 9.97 Å². The maximum Gasteiger partial charge on any atom is 0.269 e. The van der Waals surface area contributed by atoms with E-state index in [9.17, 15) is 4.79 Å². The zero-order valence-corrected chi connectivity index (χ0v) is 13.8. The van der Waals surface area contributed by atoms with Gasteiger partial charge in [0, 0.05) is 17.8 Å². The minimum atomic E-state index is -0.584. The first-order valence-electron chi connectivity index (χ1n) is 7.95. The van der Waals surface area contributed by atoms with Crippen molar-refractivity contribution >= 4 is 23.1 Å². The summed E-state index contributed by atoms with van der Waals surface area (Å²) in [6.07, 6.45) is 3.47. The van der Waals surface area contributed by atoms with Crippen molar-refractivity contribution in [1.29, 1.82) is 0 Å². The number of primary amides is 1. The lowest BCUT2D eigenvalue weighted by atomic mass is 9.87. The van der Waals surface area contributed by atoms with Crippen LogP contribution in [0.1, 0.15) is 34.6 Å². The van der Waals surface area contributed by atoms with Crippen molar-refractivity contribution in [2.45, 2.75) is 38.8 Å². The van der Waals surface area contributed by atoms with Gasteiger partial charge >= 0.3 is 0 Å². The summed E-state index contributed by atoms with van der Waals surface area (Å²) < 4.78 is 0. The number of amides is 1. The third-order valence-corrected chi connectivity index (χ3v) is 4.03. The summed E-state index contributed by atoms with van der Waals surface area (Å²) in [5.74, 6) is 0.0682. The number of carbonyl (C=O) groups is 1. The maximum atomic E-state index is 11.7. The van der Waals surface area contributed by atoms with Crippen molar-refractivity contribution in [2.75, 3.05) is 10.6 Å². The van der Waals surface area contributed by atoms with Gasteiger partial charge in [-0.2, -0.15) is 0 Å². The highest BCUT2D eigenvalue weighted by Gasteiger charge is 2.26. The molecule has 1 aliphatic carbocycles. The molecule has 0 unspecified atom stereocenters. The minimum Gasteiger partial charge on any atom is -0.381 e. The number of anilines is 3. The van der Waals surface area contributed by atoms with Crippen LogP contribution in [0.15, 0.2) is 24.4 Å². The number of nitrogens with zero attached hydrogens (tertiary/aromatic N) is 2. The van der Waals surface area contributed by atoms with Crippen LogP contribution in [-0.2, 0) is 0 Å². The summed E-state index contributed by atoms with van der Waals surface area (Å²) in [6, 6.07) is 6.32. The molecule has 7 nitrogen and oxygen atoms in total. The number of carbonyl (C=O) groups excluding carboxylic acids is 1. The van der Waals surface area contributed by atoms with Crippen molar-refractivity contribution in [3.8, 4) is 0 Å². The van der Waals surface area contributed by atoms with E-state index in [2.05, 4.69) is 20.6 Å². The third kappa shape index (κ3) is 3.62. The molecule has 2 aromatic heterocycles. The Morgan fingerprint density at radius 1 is 1.25 bits per heavy atom. The average molecular weight is 326 g/mol. The molecular weight excluding hydrogens is 304 g/mol. The fourth-order valence-corrected chi connectivity index (χ4v) is 2.89. The summed E-state index contributed by atoms with van der Waals surface area (Å²) in [6.45, 7) is 3.91. The molecule has 126 valence electrons. The molecule has 0 bridgehead atoms. The van der Waals surface area contributed by atoms with Crippen LogP contribution >= 0.6 is 0 Å². The van der Waals surface area contributed by atoms with Crippen LogP contribution in [-0.4, -0.2) is 28.0 Å². The zero-order valence-electron chi connectivity index (χ0n) is 13.8. The number of hydrogen-bond donors (Lipinski definition) is 4. The summed E-state index contributed by atoms with van der Waals surface area (Å²) >= 11 is 0. The summed E-state index contributed by atoms with van der Waals surface area (Å²) in [5.41, 5.74) is 14.8. The lowest BCUT2D eigenvalue weighted by Gasteiger charge is -2.33. The summed E-state index contributed by atoms with van der Waals surface area (Å²) in [7, 11) is 0. The van der Waals surface area contributed by atoms with Gasteiger partial charge in [0.1, 0.15) is 5.82 Å². The molecule has 0 aliphatic heterocycles. The van der Waals surface area contributed by atoms with Crippen LogP contribution < -0.4 is 22.1 Å². The highest BCUT2D eigenvalue weighted by Crippen LogP contribution is 2.26. The Morgan fingerprint density at radius 3 is 2.62 bits per heavy atom. The molecule has 0 aromatic carbocycles. The topological polar surface area (TPSA) is 119 Å². The smallest absolute Gasteiger partial charge is 0.269 e. The summed E-state index contributed by atoms with van der Waals surface area (Å²) in [4.78, 5) is 20.3. The van der Waals surface area contributed by atoms with Gasteiger partial charge in [-0.15, -0.1) is 0 Å². The third-order valence-electron chi connectivity index (χ3n) is 4.03. The van der Waals surface area contributed by atoms with Crippen LogP contribution in [0.4, 0.5) is 17.2 Å². The fraction of sp³-hybridized carbons (Fsp3) is 0.353. The van der Waals surface area contributed by atoms with Gasteiger partial charge in [0.15, 0.2) is 5.69 Å². The van der Waals surface area contributed by atoms with Gasteiger partial charge in [0.2, 0.25) is 0 Å². The number of aromatic nitrogens is 2. The maximum absolute atomic E-state index is 11.7. The van der Waals surface area contributed by atoms with Crippen molar-refractivity contribution in [2.24, 2.45) is 11.5 Å². The number of nitrogens with one attached hydrogen (secondary N) is 2. The molecule has 3 rings (SSSR count). The van der Waals surface area contributed by atoms with Crippen molar-refractivity contribution in [3.05, 3.63) is 41.3 Å². The van der Waals surface area contributed by atoms with Crippen molar-refractivity contribution in [1.82, 2.24) is 9.97 Å². The highest BCUT2D eigenvalue weighted by atomic mass is 16.1. The van der Waals surface area contributed by atoms with E-state index in [1.165, 1.54) is 0 Å². The van der Waals surface area contributed by atoms with E-state index in [0.717, 1.165) is 29.8 Å². The second kappa shape index (κ2) is 6.45.